The third-order valence-corrected chi connectivity index (χ3v) is 2.46. The Hall–Kier alpha value is -2.24. The summed E-state index contributed by atoms with van der Waals surface area (Å²) in [6, 6.07) is 4.34. The summed E-state index contributed by atoms with van der Waals surface area (Å²) in [4.78, 5) is 21.3. The summed E-state index contributed by atoms with van der Waals surface area (Å²) in [6.45, 7) is 0. The van der Waals surface area contributed by atoms with E-state index in [0.717, 1.165) is 0 Å². The van der Waals surface area contributed by atoms with Crippen LogP contribution in [0.15, 0.2) is 18.2 Å². The fourth-order valence-electron chi connectivity index (χ4n) is 1.63. The second kappa shape index (κ2) is 6.48. The van der Waals surface area contributed by atoms with Crippen LogP contribution < -0.4 is 14.8 Å². The molecule has 6 nitrogen and oxygen atoms in total. The lowest BCUT2D eigenvalue weighted by Gasteiger charge is -2.18. The number of rotatable bonds is 7. The number of hydrogen-bond donors (Lipinski definition) is 2. The lowest BCUT2D eigenvalue weighted by Crippen LogP contribution is -2.23. The zero-order chi connectivity index (χ0) is 13.5. The van der Waals surface area contributed by atoms with Crippen molar-refractivity contribution in [3.63, 3.8) is 0 Å². The van der Waals surface area contributed by atoms with Crippen LogP contribution in [0, 0.1) is 0 Å². The van der Waals surface area contributed by atoms with Crippen molar-refractivity contribution in [3.05, 3.63) is 23.8 Å². The summed E-state index contributed by atoms with van der Waals surface area (Å²) in [6.07, 6.45) is 0.231. The highest BCUT2D eigenvalue weighted by molar-refractivity contribution is 5.69. The second-order valence-corrected chi connectivity index (χ2v) is 3.54. The number of carboxylic acid groups (broad SMARTS) is 1. The van der Waals surface area contributed by atoms with Gasteiger partial charge in [-0.3, -0.25) is 9.59 Å². The number of carboxylic acids is 1. The van der Waals surface area contributed by atoms with E-state index >= 15 is 0 Å². The highest BCUT2D eigenvalue weighted by atomic mass is 16.5. The molecule has 1 atom stereocenters. The molecule has 98 valence electrons. The molecule has 6 heteroatoms. The Kier molecular flexibility index (Phi) is 4.98. The summed E-state index contributed by atoms with van der Waals surface area (Å²) >= 11 is 0. The standard InChI is InChI=1S/C12H15NO5/c1-17-8-3-4-11(18-2)9(5-8)10(13-7-14)6-12(15)16/h3-5,7,10H,6H2,1-2H3,(H,13,14)(H,15,16)/t10-/m1/s1. The topological polar surface area (TPSA) is 84.9 Å². The van der Waals surface area contributed by atoms with Crippen LogP contribution in [-0.4, -0.2) is 31.7 Å². The number of benzene rings is 1. The summed E-state index contributed by atoms with van der Waals surface area (Å²) in [7, 11) is 2.98. The number of ether oxygens (including phenoxy) is 2. The first kappa shape index (κ1) is 13.8. The Morgan fingerprint density at radius 3 is 2.67 bits per heavy atom. The summed E-state index contributed by atoms with van der Waals surface area (Å²) in [5.74, 6) is 0.0458. The van der Waals surface area contributed by atoms with Crippen molar-refractivity contribution in [1.82, 2.24) is 5.32 Å². The van der Waals surface area contributed by atoms with Gasteiger partial charge in [-0.2, -0.15) is 0 Å². The quantitative estimate of drug-likeness (QED) is 0.707. The predicted octanol–water partition coefficient (Wildman–Crippen LogP) is 0.966. The fourth-order valence-corrected chi connectivity index (χ4v) is 1.63. The molecule has 0 heterocycles. The normalized spacial score (nSPS) is 11.4. The maximum atomic E-state index is 10.8. The molecule has 2 N–H and O–H groups in total. The molecule has 0 spiro atoms. The Morgan fingerprint density at radius 2 is 2.17 bits per heavy atom. The van der Waals surface area contributed by atoms with Crippen LogP contribution in [0.4, 0.5) is 0 Å². The van der Waals surface area contributed by atoms with Crippen LogP contribution in [0.2, 0.25) is 0 Å². The first-order valence-corrected chi connectivity index (χ1v) is 5.25. The molecule has 1 rings (SSSR count). The highest BCUT2D eigenvalue weighted by Crippen LogP contribution is 2.30. The van der Waals surface area contributed by atoms with E-state index in [1.54, 1.807) is 18.2 Å². The van der Waals surface area contributed by atoms with Crippen LogP contribution in [0.25, 0.3) is 0 Å². The van der Waals surface area contributed by atoms with Gasteiger partial charge in [0.25, 0.3) is 0 Å². The monoisotopic (exact) mass is 253 g/mol. The minimum absolute atomic E-state index is 0.234. The first-order valence-electron chi connectivity index (χ1n) is 5.25. The van der Waals surface area contributed by atoms with E-state index in [4.69, 9.17) is 14.6 Å². The first-order chi connectivity index (χ1) is 8.62. The van der Waals surface area contributed by atoms with Crippen molar-refractivity contribution in [1.29, 1.82) is 0 Å². The minimum atomic E-state index is -1.01. The van der Waals surface area contributed by atoms with Gasteiger partial charge in [0.05, 0.1) is 26.7 Å². The van der Waals surface area contributed by atoms with Gasteiger partial charge in [0, 0.05) is 5.56 Å². The lowest BCUT2D eigenvalue weighted by atomic mass is 10.0. The van der Waals surface area contributed by atoms with Gasteiger partial charge in [0.2, 0.25) is 6.41 Å². The summed E-state index contributed by atoms with van der Waals surface area (Å²) < 4.78 is 10.2. The number of carbonyl (C=O) groups excluding carboxylic acids is 1. The molecular formula is C12H15NO5. The molecule has 0 saturated carbocycles. The molecular weight excluding hydrogens is 238 g/mol. The predicted molar refractivity (Wildman–Crippen MR) is 63.7 cm³/mol. The molecule has 0 aliphatic carbocycles. The summed E-state index contributed by atoms with van der Waals surface area (Å²) in [5, 5.41) is 11.3. The van der Waals surface area contributed by atoms with E-state index in [2.05, 4.69) is 5.32 Å². The molecule has 1 aromatic carbocycles. The van der Waals surface area contributed by atoms with Crippen LogP contribution >= 0.6 is 0 Å². The fraction of sp³-hybridized carbons (Fsp3) is 0.333. The molecule has 0 fully saturated rings. The van der Waals surface area contributed by atoms with E-state index < -0.39 is 12.0 Å². The van der Waals surface area contributed by atoms with E-state index in [0.29, 0.717) is 23.5 Å². The Bertz CT molecular complexity index is 432. The van der Waals surface area contributed by atoms with Crippen LogP contribution in [0.5, 0.6) is 11.5 Å². The number of aliphatic carboxylic acids is 1. The van der Waals surface area contributed by atoms with Crippen LogP contribution in [0.3, 0.4) is 0 Å². The lowest BCUT2D eigenvalue weighted by molar-refractivity contribution is -0.137. The van der Waals surface area contributed by atoms with Crippen molar-refractivity contribution < 1.29 is 24.2 Å². The molecule has 1 aromatic rings. The maximum absolute atomic E-state index is 10.8. The van der Waals surface area contributed by atoms with Crippen LogP contribution in [0.1, 0.15) is 18.0 Å². The second-order valence-electron chi connectivity index (χ2n) is 3.54. The average Bonchev–Trinajstić information content (AvgIpc) is 2.37. The Morgan fingerprint density at radius 1 is 1.44 bits per heavy atom. The van der Waals surface area contributed by atoms with Crippen LogP contribution in [-0.2, 0) is 9.59 Å². The Labute approximate surface area is 105 Å². The number of amides is 1. The molecule has 0 aliphatic rings. The molecule has 18 heavy (non-hydrogen) atoms. The number of nitrogens with one attached hydrogen (secondary N) is 1. The van der Waals surface area contributed by atoms with Gasteiger partial charge in [-0.25, -0.2) is 0 Å². The van der Waals surface area contributed by atoms with E-state index in [1.165, 1.54) is 14.2 Å². The average molecular weight is 253 g/mol. The van der Waals surface area contributed by atoms with Gasteiger partial charge in [0.1, 0.15) is 11.5 Å². The van der Waals surface area contributed by atoms with E-state index in [9.17, 15) is 9.59 Å². The van der Waals surface area contributed by atoms with E-state index in [1.807, 2.05) is 0 Å². The van der Waals surface area contributed by atoms with E-state index in [-0.39, 0.29) is 6.42 Å². The Balaban J connectivity index is 3.14. The molecule has 0 aliphatic heterocycles. The van der Waals surface area contributed by atoms with Crippen molar-refractivity contribution in [2.24, 2.45) is 0 Å². The largest absolute Gasteiger partial charge is 0.497 e. The minimum Gasteiger partial charge on any atom is -0.497 e. The third-order valence-electron chi connectivity index (χ3n) is 2.46. The molecule has 0 radical (unpaired) electrons. The maximum Gasteiger partial charge on any atom is 0.305 e. The van der Waals surface area contributed by atoms with Crippen molar-refractivity contribution in [2.45, 2.75) is 12.5 Å². The third kappa shape index (κ3) is 3.38. The highest BCUT2D eigenvalue weighted by Gasteiger charge is 2.19. The van der Waals surface area contributed by atoms with Gasteiger partial charge in [0.15, 0.2) is 0 Å². The number of methoxy groups -OCH3 is 2. The molecule has 1 amide bonds. The van der Waals surface area contributed by atoms with Gasteiger partial charge >= 0.3 is 5.97 Å². The van der Waals surface area contributed by atoms with Gasteiger partial charge < -0.3 is 19.9 Å². The smallest absolute Gasteiger partial charge is 0.305 e. The molecule has 0 bridgehead atoms. The van der Waals surface area contributed by atoms with Crippen molar-refractivity contribution in [3.8, 4) is 11.5 Å². The van der Waals surface area contributed by atoms with Gasteiger partial charge in [-0.05, 0) is 18.2 Å². The van der Waals surface area contributed by atoms with Gasteiger partial charge in [-0.15, -0.1) is 0 Å². The summed E-state index contributed by atoms with van der Waals surface area (Å²) in [5.41, 5.74) is 0.561. The molecule has 0 unspecified atom stereocenters. The molecule has 0 aromatic heterocycles. The van der Waals surface area contributed by atoms with Crippen molar-refractivity contribution in [2.75, 3.05) is 14.2 Å². The molecule has 0 saturated heterocycles. The van der Waals surface area contributed by atoms with Gasteiger partial charge in [-0.1, -0.05) is 0 Å². The number of carbonyl (C=O) groups is 2. The van der Waals surface area contributed by atoms with Crippen molar-refractivity contribution >= 4 is 12.4 Å². The number of hydrogen-bond acceptors (Lipinski definition) is 4. The SMILES string of the molecule is COc1ccc(OC)c([C@@H](CC(=O)O)NC=O)c1. The zero-order valence-corrected chi connectivity index (χ0v) is 10.2. The zero-order valence-electron chi connectivity index (χ0n) is 10.2.